The van der Waals surface area contributed by atoms with E-state index in [-0.39, 0.29) is 5.78 Å². The number of halogens is 1. The molecule has 1 aromatic carbocycles. The topological polar surface area (TPSA) is 29.5 Å². The number of Topliss-reactive ketones (excluding diaryl/α,β-unsaturated/α-hetero) is 1. The molecule has 0 saturated carbocycles. The van der Waals surface area contributed by atoms with Crippen molar-refractivity contribution in [1.29, 1.82) is 0 Å². The van der Waals surface area contributed by atoms with Gasteiger partial charge < -0.3 is 14.4 Å². The lowest BCUT2D eigenvalue weighted by Gasteiger charge is -2.19. The lowest BCUT2D eigenvalue weighted by Crippen LogP contribution is -2.19. The van der Waals surface area contributed by atoms with Crippen molar-refractivity contribution in [1.82, 2.24) is 0 Å². The number of ketones is 1. The van der Waals surface area contributed by atoms with Gasteiger partial charge in [0.05, 0.1) is 12.1 Å². The van der Waals surface area contributed by atoms with Crippen LogP contribution in [-0.2, 0) is 4.79 Å². The third kappa shape index (κ3) is 3.63. The number of rotatable bonds is 5. The van der Waals surface area contributed by atoms with Gasteiger partial charge in [0.15, 0.2) is 0 Å². The quantitative estimate of drug-likeness (QED) is 0.827. The van der Waals surface area contributed by atoms with Gasteiger partial charge in [0, 0.05) is 25.2 Å². The fourth-order valence-electron chi connectivity index (χ4n) is 2.56. The molecule has 1 aliphatic heterocycles. The molecule has 0 spiro atoms. The van der Waals surface area contributed by atoms with E-state index in [0.717, 1.165) is 31.6 Å². The Labute approximate surface area is 119 Å². The maximum atomic E-state index is 11.0. The Balaban J connectivity index is 1.96. The first kappa shape index (κ1) is 14.2. The molecule has 104 valence electrons. The SMILES string of the molecule is COc1ccc(N2CCC(CCC(C)=O)C2)cc1Cl. The third-order valence-electron chi connectivity index (χ3n) is 3.69. The van der Waals surface area contributed by atoms with Crippen molar-refractivity contribution in [3.63, 3.8) is 0 Å². The summed E-state index contributed by atoms with van der Waals surface area (Å²) in [4.78, 5) is 13.4. The molecular weight excluding hydrogens is 262 g/mol. The number of benzene rings is 1. The van der Waals surface area contributed by atoms with E-state index in [1.165, 1.54) is 0 Å². The van der Waals surface area contributed by atoms with Crippen molar-refractivity contribution >= 4 is 23.1 Å². The average Bonchev–Trinajstić information content (AvgIpc) is 2.85. The summed E-state index contributed by atoms with van der Waals surface area (Å²) in [5.41, 5.74) is 1.14. The van der Waals surface area contributed by atoms with E-state index in [1.807, 2.05) is 18.2 Å². The van der Waals surface area contributed by atoms with Crippen molar-refractivity contribution < 1.29 is 9.53 Å². The van der Waals surface area contributed by atoms with E-state index in [0.29, 0.717) is 23.1 Å². The van der Waals surface area contributed by atoms with Crippen molar-refractivity contribution in [2.45, 2.75) is 26.2 Å². The van der Waals surface area contributed by atoms with Crippen molar-refractivity contribution in [2.24, 2.45) is 5.92 Å². The highest BCUT2D eigenvalue weighted by molar-refractivity contribution is 6.32. The van der Waals surface area contributed by atoms with E-state index in [4.69, 9.17) is 16.3 Å². The lowest BCUT2D eigenvalue weighted by atomic mass is 10.0. The van der Waals surface area contributed by atoms with E-state index in [2.05, 4.69) is 4.90 Å². The number of nitrogens with zero attached hydrogens (tertiary/aromatic N) is 1. The van der Waals surface area contributed by atoms with Crippen LogP contribution in [0.3, 0.4) is 0 Å². The molecule has 4 heteroatoms. The van der Waals surface area contributed by atoms with Crippen LogP contribution in [0.1, 0.15) is 26.2 Å². The molecular formula is C15H20ClNO2. The minimum atomic E-state index is 0.283. The molecule has 1 aromatic rings. The second kappa shape index (κ2) is 6.29. The minimum absolute atomic E-state index is 0.283. The molecule has 0 radical (unpaired) electrons. The molecule has 0 amide bonds. The monoisotopic (exact) mass is 281 g/mol. The van der Waals surface area contributed by atoms with Crippen molar-refractivity contribution in [3.8, 4) is 5.75 Å². The summed E-state index contributed by atoms with van der Waals surface area (Å²) in [6.45, 7) is 3.71. The van der Waals surface area contributed by atoms with Crippen LogP contribution < -0.4 is 9.64 Å². The van der Waals surface area contributed by atoms with Crippen LogP contribution in [0.4, 0.5) is 5.69 Å². The summed E-state index contributed by atoms with van der Waals surface area (Å²) in [5.74, 6) is 1.61. The first-order valence-electron chi connectivity index (χ1n) is 6.68. The van der Waals surface area contributed by atoms with Crippen LogP contribution >= 0.6 is 11.6 Å². The summed E-state index contributed by atoms with van der Waals surface area (Å²) >= 11 is 6.15. The first-order valence-corrected chi connectivity index (χ1v) is 7.06. The summed E-state index contributed by atoms with van der Waals surface area (Å²) in [6, 6.07) is 5.90. The van der Waals surface area contributed by atoms with Crippen LogP contribution in [0.2, 0.25) is 5.02 Å². The number of carbonyl (C=O) groups excluding carboxylic acids is 1. The van der Waals surface area contributed by atoms with Crippen molar-refractivity contribution in [3.05, 3.63) is 23.2 Å². The van der Waals surface area contributed by atoms with Gasteiger partial charge in [-0.2, -0.15) is 0 Å². The number of carbonyl (C=O) groups is 1. The Bertz CT molecular complexity index is 461. The molecule has 2 rings (SSSR count). The molecule has 1 aliphatic rings. The second-order valence-electron chi connectivity index (χ2n) is 5.16. The lowest BCUT2D eigenvalue weighted by molar-refractivity contribution is -0.117. The van der Waals surface area contributed by atoms with Crippen molar-refractivity contribution in [2.75, 3.05) is 25.1 Å². The Hall–Kier alpha value is -1.22. The summed E-state index contributed by atoms with van der Waals surface area (Å²) < 4.78 is 5.16. The van der Waals surface area contributed by atoms with Crippen LogP contribution in [0.15, 0.2) is 18.2 Å². The Morgan fingerprint density at radius 3 is 2.95 bits per heavy atom. The summed E-state index contributed by atoms with van der Waals surface area (Å²) in [5, 5.41) is 0.646. The average molecular weight is 282 g/mol. The van der Waals surface area contributed by atoms with Crippen LogP contribution in [0.5, 0.6) is 5.75 Å². The molecule has 1 fully saturated rings. The highest BCUT2D eigenvalue weighted by Gasteiger charge is 2.23. The minimum Gasteiger partial charge on any atom is -0.495 e. The van der Waals surface area contributed by atoms with Gasteiger partial charge in [-0.25, -0.2) is 0 Å². The van der Waals surface area contributed by atoms with Crippen LogP contribution in [0.25, 0.3) is 0 Å². The molecule has 0 N–H and O–H groups in total. The molecule has 3 nitrogen and oxygen atoms in total. The van der Waals surface area contributed by atoms with E-state index in [9.17, 15) is 4.79 Å². The maximum Gasteiger partial charge on any atom is 0.137 e. The van der Waals surface area contributed by atoms with Gasteiger partial charge in [0.25, 0.3) is 0 Å². The van der Waals surface area contributed by atoms with Gasteiger partial charge in [-0.05, 0) is 43.9 Å². The number of anilines is 1. The van der Waals surface area contributed by atoms with E-state index in [1.54, 1.807) is 14.0 Å². The zero-order chi connectivity index (χ0) is 13.8. The fourth-order valence-corrected chi connectivity index (χ4v) is 2.81. The fraction of sp³-hybridized carbons (Fsp3) is 0.533. The Kier molecular flexibility index (Phi) is 4.70. The molecule has 0 aromatic heterocycles. The Morgan fingerprint density at radius 1 is 1.53 bits per heavy atom. The highest BCUT2D eigenvalue weighted by atomic mass is 35.5. The third-order valence-corrected chi connectivity index (χ3v) is 3.99. The van der Waals surface area contributed by atoms with Gasteiger partial charge in [0.1, 0.15) is 11.5 Å². The number of hydrogen-bond acceptors (Lipinski definition) is 3. The number of hydrogen-bond donors (Lipinski definition) is 0. The number of methoxy groups -OCH3 is 1. The number of ether oxygens (including phenoxy) is 1. The summed E-state index contributed by atoms with van der Waals surface area (Å²) in [6.07, 6.45) is 2.84. The van der Waals surface area contributed by atoms with Crippen LogP contribution in [-0.4, -0.2) is 26.0 Å². The van der Waals surface area contributed by atoms with E-state index >= 15 is 0 Å². The smallest absolute Gasteiger partial charge is 0.137 e. The first-order chi connectivity index (χ1) is 9.10. The Morgan fingerprint density at radius 2 is 2.32 bits per heavy atom. The standard InChI is InChI=1S/C15H20ClNO2/c1-11(18)3-4-12-7-8-17(10-12)13-5-6-15(19-2)14(16)9-13/h5-6,9,12H,3-4,7-8,10H2,1-2H3. The van der Waals surface area contributed by atoms with Crippen LogP contribution in [0, 0.1) is 5.92 Å². The molecule has 1 atom stereocenters. The normalized spacial score (nSPS) is 18.7. The molecule has 1 heterocycles. The van der Waals surface area contributed by atoms with Gasteiger partial charge in [-0.1, -0.05) is 11.6 Å². The van der Waals surface area contributed by atoms with Gasteiger partial charge in [0.2, 0.25) is 0 Å². The van der Waals surface area contributed by atoms with Gasteiger partial charge >= 0.3 is 0 Å². The predicted molar refractivity (Wildman–Crippen MR) is 78.2 cm³/mol. The molecule has 0 bridgehead atoms. The molecule has 1 unspecified atom stereocenters. The highest BCUT2D eigenvalue weighted by Crippen LogP contribution is 2.32. The van der Waals surface area contributed by atoms with E-state index < -0.39 is 0 Å². The molecule has 1 saturated heterocycles. The molecule has 0 aliphatic carbocycles. The second-order valence-corrected chi connectivity index (χ2v) is 5.57. The van der Waals surface area contributed by atoms with Gasteiger partial charge in [-0.3, -0.25) is 0 Å². The predicted octanol–water partition coefficient (Wildman–Crippen LogP) is 3.54. The van der Waals surface area contributed by atoms with Gasteiger partial charge in [-0.15, -0.1) is 0 Å². The molecule has 19 heavy (non-hydrogen) atoms. The largest absolute Gasteiger partial charge is 0.495 e. The maximum absolute atomic E-state index is 11.0. The zero-order valence-corrected chi connectivity index (χ0v) is 12.2. The zero-order valence-electron chi connectivity index (χ0n) is 11.5. The summed E-state index contributed by atoms with van der Waals surface area (Å²) in [7, 11) is 1.62.